The molecule has 3 N–H and O–H groups in total. The summed E-state index contributed by atoms with van der Waals surface area (Å²) in [6.45, 7) is 2.12. The first kappa shape index (κ1) is 9.42. The van der Waals surface area contributed by atoms with E-state index in [0.717, 1.165) is 19.5 Å². The molecule has 0 spiro atoms. The summed E-state index contributed by atoms with van der Waals surface area (Å²) in [5.41, 5.74) is 5.36. The lowest BCUT2D eigenvalue weighted by atomic mass is 10.1. The van der Waals surface area contributed by atoms with Gasteiger partial charge in [-0.3, -0.25) is 0 Å². The van der Waals surface area contributed by atoms with Gasteiger partial charge >= 0.3 is 6.01 Å². The van der Waals surface area contributed by atoms with Crippen molar-refractivity contribution >= 4 is 6.01 Å². The smallest absolute Gasteiger partial charge is 0.318 e. The fourth-order valence-electron chi connectivity index (χ4n) is 1.61. The van der Waals surface area contributed by atoms with Gasteiger partial charge in [0.1, 0.15) is 0 Å². The molecule has 0 aliphatic carbocycles. The summed E-state index contributed by atoms with van der Waals surface area (Å²) in [4.78, 5) is 1.98. The lowest BCUT2D eigenvalue weighted by Crippen LogP contribution is -2.20. The van der Waals surface area contributed by atoms with Crippen LogP contribution in [0.3, 0.4) is 0 Å². The van der Waals surface area contributed by atoms with Crippen molar-refractivity contribution in [2.45, 2.75) is 13.0 Å². The molecular weight excluding hydrogens is 184 g/mol. The van der Waals surface area contributed by atoms with E-state index in [9.17, 15) is 0 Å². The van der Waals surface area contributed by atoms with E-state index in [2.05, 4.69) is 10.2 Å². The van der Waals surface area contributed by atoms with E-state index in [0.29, 0.717) is 17.8 Å². The highest BCUT2D eigenvalue weighted by Crippen LogP contribution is 2.21. The molecule has 78 valence electrons. The van der Waals surface area contributed by atoms with Crippen molar-refractivity contribution in [1.29, 1.82) is 0 Å². The van der Waals surface area contributed by atoms with Crippen LogP contribution in [0, 0.1) is 5.92 Å². The normalized spacial score (nSPS) is 21.9. The van der Waals surface area contributed by atoms with Crippen molar-refractivity contribution in [1.82, 2.24) is 10.2 Å². The average molecular weight is 198 g/mol. The molecule has 1 saturated heterocycles. The number of hydrogen-bond donors (Lipinski definition) is 2. The lowest BCUT2D eigenvalue weighted by molar-refractivity contribution is 0.238. The number of aliphatic hydroxyl groups excluding tert-OH is 1. The van der Waals surface area contributed by atoms with Gasteiger partial charge in [0.25, 0.3) is 0 Å². The summed E-state index contributed by atoms with van der Waals surface area (Å²) in [6, 6.07) is 0.515. The maximum atomic E-state index is 8.97. The molecule has 1 aliphatic rings. The summed E-state index contributed by atoms with van der Waals surface area (Å²) >= 11 is 0. The SMILES string of the molecule is NCc1nnc(N2CCC(CO)C2)o1. The van der Waals surface area contributed by atoms with Crippen LogP contribution in [0.5, 0.6) is 0 Å². The maximum Gasteiger partial charge on any atom is 0.318 e. The van der Waals surface area contributed by atoms with E-state index in [1.54, 1.807) is 0 Å². The predicted molar refractivity (Wildman–Crippen MR) is 49.6 cm³/mol. The molecule has 0 saturated carbocycles. The fourth-order valence-corrected chi connectivity index (χ4v) is 1.61. The number of aromatic nitrogens is 2. The zero-order valence-corrected chi connectivity index (χ0v) is 7.89. The van der Waals surface area contributed by atoms with Crippen molar-refractivity contribution in [3.8, 4) is 0 Å². The second-order valence-corrected chi connectivity index (χ2v) is 3.47. The minimum Gasteiger partial charge on any atom is -0.407 e. The van der Waals surface area contributed by atoms with Crippen LogP contribution < -0.4 is 10.6 Å². The predicted octanol–water partition coefficient (Wildman–Crippen LogP) is -0.653. The first-order chi connectivity index (χ1) is 6.83. The first-order valence-corrected chi connectivity index (χ1v) is 4.71. The monoisotopic (exact) mass is 198 g/mol. The van der Waals surface area contributed by atoms with E-state index in [1.165, 1.54) is 0 Å². The Kier molecular flexibility index (Phi) is 2.64. The number of hydrogen-bond acceptors (Lipinski definition) is 6. The van der Waals surface area contributed by atoms with Crippen LogP contribution in [0.25, 0.3) is 0 Å². The molecule has 0 radical (unpaired) electrons. The lowest BCUT2D eigenvalue weighted by Gasteiger charge is -2.11. The Hall–Kier alpha value is -1.14. The molecule has 1 unspecified atom stereocenters. The summed E-state index contributed by atoms with van der Waals surface area (Å²) in [6.07, 6.45) is 0.969. The highest BCUT2D eigenvalue weighted by atomic mass is 16.4. The zero-order chi connectivity index (χ0) is 9.97. The quantitative estimate of drug-likeness (QED) is 0.670. The largest absolute Gasteiger partial charge is 0.407 e. The topological polar surface area (TPSA) is 88.4 Å². The number of nitrogens with two attached hydrogens (primary N) is 1. The van der Waals surface area contributed by atoms with Gasteiger partial charge in [-0.05, 0) is 6.42 Å². The Balaban J connectivity index is 2.02. The molecule has 14 heavy (non-hydrogen) atoms. The molecule has 0 bridgehead atoms. The van der Waals surface area contributed by atoms with Crippen molar-refractivity contribution in [2.24, 2.45) is 11.7 Å². The van der Waals surface area contributed by atoms with Gasteiger partial charge in [-0.2, -0.15) is 0 Å². The molecule has 1 atom stereocenters. The van der Waals surface area contributed by atoms with Crippen LogP contribution in [0.1, 0.15) is 12.3 Å². The number of anilines is 1. The maximum absolute atomic E-state index is 8.97. The van der Waals surface area contributed by atoms with Gasteiger partial charge in [-0.1, -0.05) is 5.10 Å². The molecule has 1 aliphatic heterocycles. The molecule has 0 aromatic carbocycles. The van der Waals surface area contributed by atoms with Gasteiger partial charge in [0.15, 0.2) is 0 Å². The number of aliphatic hydroxyl groups is 1. The molecule has 1 aromatic rings. The van der Waals surface area contributed by atoms with Gasteiger partial charge < -0.3 is 20.2 Å². The summed E-state index contributed by atoms with van der Waals surface area (Å²) in [5, 5.41) is 16.6. The first-order valence-electron chi connectivity index (χ1n) is 4.71. The third-order valence-corrected chi connectivity index (χ3v) is 2.45. The second-order valence-electron chi connectivity index (χ2n) is 3.47. The van der Waals surface area contributed by atoms with Crippen molar-refractivity contribution in [2.75, 3.05) is 24.6 Å². The Morgan fingerprint density at radius 2 is 2.43 bits per heavy atom. The third-order valence-electron chi connectivity index (χ3n) is 2.45. The standard InChI is InChI=1S/C8H14N4O2/c9-3-7-10-11-8(14-7)12-2-1-6(4-12)5-13/h6,13H,1-5,9H2. The summed E-state index contributed by atoms with van der Waals surface area (Å²) < 4.78 is 5.31. The van der Waals surface area contributed by atoms with Crippen LogP contribution >= 0.6 is 0 Å². The van der Waals surface area contributed by atoms with Gasteiger partial charge in [-0.15, -0.1) is 5.10 Å². The van der Waals surface area contributed by atoms with E-state index in [4.69, 9.17) is 15.3 Å². The van der Waals surface area contributed by atoms with Crippen LogP contribution in [0.4, 0.5) is 6.01 Å². The van der Waals surface area contributed by atoms with Crippen LogP contribution in [0.15, 0.2) is 4.42 Å². The van der Waals surface area contributed by atoms with Crippen LogP contribution in [-0.4, -0.2) is 35.0 Å². The molecule has 6 nitrogen and oxygen atoms in total. The van der Waals surface area contributed by atoms with Gasteiger partial charge in [0, 0.05) is 25.6 Å². The third kappa shape index (κ3) is 1.71. The molecule has 2 heterocycles. The Labute approximate surface area is 81.7 Å². The molecule has 0 amide bonds. The van der Waals surface area contributed by atoms with Crippen molar-refractivity contribution in [3.05, 3.63) is 5.89 Å². The highest BCUT2D eigenvalue weighted by Gasteiger charge is 2.25. The minimum absolute atomic E-state index is 0.217. The molecule has 2 rings (SSSR count). The molecule has 1 fully saturated rings. The van der Waals surface area contributed by atoms with Crippen LogP contribution in [-0.2, 0) is 6.54 Å². The van der Waals surface area contributed by atoms with Crippen molar-refractivity contribution in [3.63, 3.8) is 0 Å². The second kappa shape index (κ2) is 3.93. The van der Waals surface area contributed by atoms with E-state index < -0.39 is 0 Å². The number of rotatable bonds is 3. The average Bonchev–Trinajstić information content (AvgIpc) is 2.86. The van der Waals surface area contributed by atoms with Gasteiger partial charge in [0.2, 0.25) is 5.89 Å². The van der Waals surface area contributed by atoms with Gasteiger partial charge in [0.05, 0.1) is 6.54 Å². The van der Waals surface area contributed by atoms with Gasteiger partial charge in [-0.25, -0.2) is 0 Å². The zero-order valence-electron chi connectivity index (χ0n) is 7.89. The van der Waals surface area contributed by atoms with E-state index >= 15 is 0 Å². The Morgan fingerprint density at radius 1 is 1.57 bits per heavy atom. The molecule has 1 aromatic heterocycles. The fraction of sp³-hybridized carbons (Fsp3) is 0.750. The molecular formula is C8H14N4O2. The van der Waals surface area contributed by atoms with Crippen molar-refractivity contribution < 1.29 is 9.52 Å². The summed E-state index contributed by atoms with van der Waals surface area (Å²) in [5.74, 6) is 0.774. The van der Waals surface area contributed by atoms with E-state index in [-0.39, 0.29) is 13.2 Å². The highest BCUT2D eigenvalue weighted by molar-refractivity contribution is 5.26. The Morgan fingerprint density at radius 3 is 3.00 bits per heavy atom. The summed E-state index contributed by atoms with van der Waals surface area (Å²) in [7, 11) is 0. The van der Waals surface area contributed by atoms with E-state index in [1.807, 2.05) is 4.90 Å². The van der Waals surface area contributed by atoms with Crippen LogP contribution in [0.2, 0.25) is 0 Å². The Bertz CT molecular complexity index is 301. The number of nitrogens with zero attached hydrogens (tertiary/aromatic N) is 3. The molecule has 6 heteroatoms. The minimum atomic E-state index is 0.217.